The third-order valence-corrected chi connectivity index (χ3v) is 3.14. The fourth-order valence-electron chi connectivity index (χ4n) is 2.05. The number of imidazole rings is 1. The lowest BCUT2D eigenvalue weighted by atomic mass is 10.1. The topological polar surface area (TPSA) is 46.4 Å². The van der Waals surface area contributed by atoms with E-state index >= 15 is 0 Å². The van der Waals surface area contributed by atoms with Gasteiger partial charge in [0.1, 0.15) is 0 Å². The normalized spacial score (nSPS) is 11.6. The Labute approximate surface area is 123 Å². The van der Waals surface area contributed by atoms with Crippen LogP contribution in [0.25, 0.3) is 5.65 Å². The van der Waals surface area contributed by atoms with Gasteiger partial charge in [-0.3, -0.25) is 4.79 Å². The van der Waals surface area contributed by atoms with Crippen molar-refractivity contribution < 1.29 is 18.0 Å². The molecule has 0 saturated heterocycles. The molecule has 0 atom stereocenters. The molecule has 2 heterocycles. The minimum Gasteiger partial charge on any atom is -0.319 e. The van der Waals surface area contributed by atoms with Crippen LogP contribution in [0, 0.1) is 0 Å². The van der Waals surface area contributed by atoms with Crippen molar-refractivity contribution in [1.82, 2.24) is 9.38 Å². The molecule has 1 N–H and O–H groups in total. The van der Waals surface area contributed by atoms with Gasteiger partial charge in [0.25, 0.3) is 5.91 Å². The van der Waals surface area contributed by atoms with Crippen molar-refractivity contribution in [1.29, 1.82) is 0 Å². The average Bonchev–Trinajstić information content (AvgIpc) is 2.96. The highest BCUT2D eigenvalue weighted by Crippen LogP contribution is 2.29. The first-order chi connectivity index (χ1) is 10.4. The molecule has 2 aromatic heterocycles. The van der Waals surface area contributed by atoms with Gasteiger partial charge >= 0.3 is 6.18 Å². The number of hydrogen-bond donors (Lipinski definition) is 1. The van der Waals surface area contributed by atoms with Gasteiger partial charge in [-0.1, -0.05) is 0 Å². The summed E-state index contributed by atoms with van der Waals surface area (Å²) in [6.45, 7) is 0. The van der Waals surface area contributed by atoms with Crippen LogP contribution < -0.4 is 5.32 Å². The van der Waals surface area contributed by atoms with Crippen LogP contribution in [-0.4, -0.2) is 15.3 Å². The summed E-state index contributed by atoms with van der Waals surface area (Å²) < 4.78 is 39.2. The maximum absolute atomic E-state index is 12.5. The van der Waals surface area contributed by atoms with E-state index in [1.54, 1.807) is 35.1 Å². The number of nitrogens with one attached hydrogen (secondary N) is 1. The molecular formula is C15H10F3N3O. The van der Waals surface area contributed by atoms with Crippen LogP contribution in [0.15, 0.2) is 55.0 Å². The number of carbonyl (C=O) groups is 1. The number of anilines is 1. The van der Waals surface area contributed by atoms with Crippen LogP contribution >= 0.6 is 0 Å². The van der Waals surface area contributed by atoms with Gasteiger partial charge < -0.3 is 9.72 Å². The number of rotatable bonds is 2. The molecule has 0 bridgehead atoms. The standard InChI is InChI=1S/C15H10F3N3O/c16-15(17,18)11-5-3-10(4-6-11)14(22)20-12-2-1-8-21-9-7-19-13(12)21/h1-9H,(H,20,22). The van der Waals surface area contributed by atoms with E-state index in [0.717, 1.165) is 24.3 Å². The van der Waals surface area contributed by atoms with E-state index < -0.39 is 17.6 Å². The summed E-state index contributed by atoms with van der Waals surface area (Å²) >= 11 is 0. The van der Waals surface area contributed by atoms with Gasteiger partial charge in [-0.15, -0.1) is 0 Å². The monoisotopic (exact) mass is 305 g/mol. The number of amides is 1. The van der Waals surface area contributed by atoms with Crippen molar-refractivity contribution in [2.75, 3.05) is 5.32 Å². The Bertz CT molecular complexity index is 822. The Morgan fingerprint density at radius 1 is 1.09 bits per heavy atom. The third kappa shape index (κ3) is 2.65. The Balaban J connectivity index is 1.84. The highest BCUT2D eigenvalue weighted by Gasteiger charge is 2.30. The molecule has 1 aromatic carbocycles. The molecule has 112 valence electrons. The van der Waals surface area contributed by atoms with Crippen molar-refractivity contribution in [3.05, 3.63) is 66.1 Å². The molecule has 1 amide bonds. The molecule has 0 unspecified atom stereocenters. The van der Waals surface area contributed by atoms with E-state index in [4.69, 9.17) is 0 Å². The molecule has 0 radical (unpaired) electrons. The minimum atomic E-state index is -4.42. The smallest absolute Gasteiger partial charge is 0.319 e. The summed E-state index contributed by atoms with van der Waals surface area (Å²) in [7, 11) is 0. The number of hydrogen-bond acceptors (Lipinski definition) is 2. The zero-order valence-corrected chi connectivity index (χ0v) is 11.1. The molecular weight excluding hydrogens is 295 g/mol. The summed E-state index contributed by atoms with van der Waals surface area (Å²) in [4.78, 5) is 16.2. The second kappa shape index (κ2) is 5.18. The molecule has 0 aliphatic heterocycles. The van der Waals surface area contributed by atoms with Gasteiger partial charge in [0.15, 0.2) is 5.65 Å². The summed E-state index contributed by atoms with van der Waals surface area (Å²) in [5, 5.41) is 2.64. The second-order valence-corrected chi connectivity index (χ2v) is 4.61. The second-order valence-electron chi connectivity index (χ2n) is 4.61. The Morgan fingerprint density at radius 2 is 1.82 bits per heavy atom. The van der Waals surface area contributed by atoms with Crippen LogP contribution in [-0.2, 0) is 6.18 Å². The molecule has 3 rings (SSSR count). The Kier molecular flexibility index (Phi) is 3.32. The summed E-state index contributed by atoms with van der Waals surface area (Å²) in [5.74, 6) is -0.496. The third-order valence-electron chi connectivity index (χ3n) is 3.14. The highest BCUT2D eigenvalue weighted by molar-refractivity contribution is 6.05. The molecule has 4 nitrogen and oxygen atoms in total. The van der Waals surface area contributed by atoms with Crippen LogP contribution in [0.4, 0.5) is 18.9 Å². The minimum absolute atomic E-state index is 0.140. The van der Waals surface area contributed by atoms with Crippen molar-refractivity contribution in [3.63, 3.8) is 0 Å². The molecule has 0 saturated carbocycles. The number of alkyl halides is 3. The number of benzene rings is 1. The number of halogens is 3. The van der Waals surface area contributed by atoms with Gasteiger partial charge in [0.2, 0.25) is 0 Å². The molecule has 0 aliphatic rings. The molecule has 0 aliphatic carbocycles. The predicted octanol–water partition coefficient (Wildman–Crippen LogP) is 3.61. The first-order valence-electron chi connectivity index (χ1n) is 6.35. The number of aromatic nitrogens is 2. The summed E-state index contributed by atoms with van der Waals surface area (Å²) in [6.07, 6.45) is 0.665. The largest absolute Gasteiger partial charge is 0.416 e. The SMILES string of the molecule is O=C(Nc1cccn2ccnc12)c1ccc(C(F)(F)F)cc1. The van der Waals surface area contributed by atoms with E-state index in [1.165, 1.54) is 0 Å². The van der Waals surface area contributed by atoms with E-state index in [2.05, 4.69) is 10.3 Å². The van der Waals surface area contributed by atoms with Crippen LogP contribution in [0.1, 0.15) is 15.9 Å². The first-order valence-corrected chi connectivity index (χ1v) is 6.35. The van der Waals surface area contributed by atoms with Crippen molar-refractivity contribution in [2.45, 2.75) is 6.18 Å². The number of nitrogens with zero attached hydrogens (tertiary/aromatic N) is 2. The van der Waals surface area contributed by atoms with Crippen LogP contribution in [0.3, 0.4) is 0 Å². The maximum atomic E-state index is 12.5. The quantitative estimate of drug-likeness (QED) is 0.786. The fourth-order valence-corrected chi connectivity index (χ4v) is 2.05. The van der Waals surface area contributed by atoms with E-state index in [9.17, 15) is 18.0 Å². The van der Waals surface area contributed by atoms with Crippen molar-refractivity contribution >= 4 is 17.2 Å². The van der Waals surface area contributed by atoms with Crippen LogP contribution in [0.5, 0.6) is 0 Å². The predicted molar refractivity (Wildman–Crippen MR) is 74.6 cm³/mol. The van der Waals surface area contributed by atoms with E-state index in [0.29, 0.717) is 11.3 Å². The van der Waals surface area contributed by atoms with Gasteiger partial charge in [-0.2, -0.15) is 13.2 Å². The Hall–Kier alpha value is -2.83. The number of pyridine rings is 1. The van der Waals surface area contributed by atoms with Crippen molar-refractivity contribution in [2.24, 2.45) is 0 Å². The lowest BCUT2D eigenvalue weighted by molar-refractivity contribution is -0.137. The summed E-state index contributed by atoms with van der Waals surface area (Å²) in [6, 6.07) is 7.45. The zero-order chi connectivity index (χ0) is 15.7. The summed E-state index contributed by atoms with van der Waals surface area (Å²) in [5.41, 5.74) is 0.390. The molecule has 0 spiro atoms. The number of carbonyl (C=O) groups excluding carboxylic acids is 1. The Morgan fingerprint density at radius 3 is 2.50 bits per heavy atom. The lowest BCUT2D eigenvalue weighted by Gasteiger charge is -2.09. The molecule has 0 fully saturated rings. The molecule has 7 heteroatoms. The average molecular weight is 305 g/mol. The van der Waals surface area contributed by atoms with Gasteiger partial charge in [0.05, 0.1) is 11.3 Å². The maximum Gasteiger partial charge on any atom is 0.416 e. The zero-order valence-electron chi connectivity index (χ0n) is 11.1. The number of fused-ring (bicyclic) bond motifs is 1. The highest BCUT2D eigenvalue weighted by atomic mass is 19.4. The van der Waals surface area contributed by atoms with Gasteiger partial charge in [-0.25, -0.2) is 4.98 Å². The van der Waals surface area contributed by atoms with Gasteiger partial charge in [0, 0.05) is 24.2 Å². The molecule has 3 aromatic rings. The van der Waals surface area contributed by atoms with Crippen LogP contribution in [0.2, 0.25) is 0 Å². The van der Waals surface area contributed by atoms with Crippen molar-refractivity contribution in [3.8, 4) is 0 Å². The fraction of sp³-hybridized carbons (Fsp3) is 0.0667. The lowest BCUT2D eigenvalue weighted by Crippen LogP contribution is -2.13. The van der Waals surface area contributed by atoms with E-state index in [-0.39, 0.29) is 5.56 Å². The molecule has 22 heavy (non-hydrogen) atoms. The van der Waals surface area contributed by atoms with E-state index in [1.807, 2.05) is 0 Å². The first kappa shape index (κ1) is 14.1. The van der Waals surface area contributed by atoms with Gasteiger partial charge in [-0.05, 0) is 36.4 Å².